The summed E-state index contributed by atoms with van der Waals surface area (Å²) in [6.07, 6.45) is 66.3. The Kier molecular flexibility index (Phi) is 45.8. The number of aliphatic hydroxyl groups excluding tert-OH is 2. The average Bonchev–Trinajstić information content (AvgIpc) is 3.20. The van der Waals surface area contributed by atoms with Crippen molar-refractivity contribution in [2.75, 3.05) is 6.61 Å². The minimum absolute atomic E-state index is 0.0764. The van der Waals surface area contributed by atoms with Crippen molar-refractivity contribution in [3.05, 3.63) is 60.8 Å². The van der Waals surface area contributed by atoms with Crippen LogP contribution in [-0.4, -0.2) is 34.9 Å². The molecule has 0 aliphatic rings. The Hall–Kier alpha value is -1.91. The topological polar surface area (TPSA) is 69.6 Å². The molecule has 0 bridgehead atoms. The maximum absolute atomic E-state index is 12.4. The van der Waals surface area contributed by atoms with E-state index in [9.17, 15) is 15.0 Å². The summed E-state index contributed by atoms with van der Waals surface area (Å²) in [5, 5.41) is 23.0. The predicted octanol–water partition coefficient (Wildman–Crippen LogP) is 15.7. The van der Waals surface area contributed by atoms with Gasteiger partial charge in [-0.05, 0) is 70.6 Å². The van der Waals surface area contributed by atoms with Crippen LogP contribution in [0.4, 0.5) is 0 Å². The number of allylic oxidation sites excluding steroid dienone is 9. The van der Waals surface area contributed by atoms with Gasteiger partial charge < -0.3 is 15.5 Å². The number of nitrogens with one attached hydrogen (secondary N) is 1. The van der Waals surface area contributed by atoms with Crippen LogP contribution < -0.4 is 5.32 Å². The van der Waals surface area contributed by atoms with E-state index in [1.54, 1.807) is 6.08 Å². The lowest BCUT2D eigenvalue weighted by Crippen LogP contribution is -2.45. The number of amides is 1. The van der Waals surface area contributed by atoms with Gasteiger partial charge in [0.15, 0.2) is 0 Å². The third kappa shape index (κ3) is 43.2. The molecule has 4 nitrogen and oxygen atoms in total. The quantitative estimate of drug-likeness (QED) is 0.0426. The molecular weight excluding hydrogens is 687 g/mol. The van der Waals surface area contributed by atoms with E-state index in [-0.39, 0.29) is 12.5 Å². The van der Waals surface area contributed by atoms with Crippen molar-refractivity contribution < 1.29 is 15.0 Å². The second kappa shape index (κ2) is 47.5. The molecule has 0 saturated carbocycles. The number of carbonyl (C=O) groups excluding carboxylic acids is 1. The summed E-state index contributed by atoms with van der Waals surface area (Å²) in [7, 11) is 0. The first-order valence-corrected chi connectivity index (χ1v) is 24.5. The van der Waals surface area contributed by atoms with Crippen LogP contribution in [0.1, 0.15) is 245 Å². The van der Waals surface area contributed by atoms with E-state index in [0.29, 0.717) is 6.42 Å². The second-order valence-corrected chi connectivity index (χ2v) is 16.5. The normalized spacial score (nSPS) is 13.4. The lowest BCUT2D eigenvalue weighted by atomic mass is 10.0. The summed E-state index contributed by atoms with van der Waals surface area (Å²) in [4.78, 5) is 12.4. The molecule has 0 heterocycles. The smallest absolute Gasteiger partial charge is 0.220 e. The van der Waals surface area contributed by atoms with Crippen molar-refractivity contribution >= 4 is 5.91 Å². The fourth-order valence-electron chi connectivity index (χ4n) is 7.20. The highest BCUT2D eigenvalue weighted by Crippen LogP contribution is 2.15. The molecule has 0 saturated heterocycles. The van der Waals surface area contributed by atoms with Gasteiger partial charge in [-0.1, -0.05) is 229 Å². The summed E-state index contributed by atoms with van der Waals surface area (Å²) in [6.45, 7) is 4.29. The zero-order valence-corrected chi connectivity index (χ0v) is 37.4. The summed E-state index contributed by atoms with van der Waals surface area (Å²) in [5.74, 6) is -0.0764. The highest BCUT2D eigenvalue weighted by Gasteiger charge is 2.17. The molecule has 56 heavy (non-hydrogen) atoms. The van der Waals surface area contributed by atoms with Crippen molar-refractivity contribution in [3.63, 3.8) is 0 Å². The van der Waals surface area contributed by atoms with Gasteiger partial charge in [0.1, 0.15) is 0 Å². The van der Waals surface area contributed by atoms with Crippen molar-refractivity contribution in [1.29, 1.82) is 0 Å². The number of hydrogen-bond acceptors (Lipinski definition) is 3. The Balaban J connectivity index is 3.58. The van der Waals surface area contributed by atoms with E-state index in [4.69, 9.17) is 0 Å². The Labute approximate surface area is 349 Å². The number of carbonyl (C=O) groups is 1. The third-order valence-corrected chi connectivity index (χ3v) is 11.0. The average molecular weight is 782 g/mol. The minimum Gasteiger partial charge on any atom is -0.394 e. The Morgan fingerprint density at radius 1 is 0.429 bits per heavy atom. The van der Waals surface area contributed by atoms with Crippen LogP contribution in [0, 0.1) is 0 Å². The molecule has 0 spiro atoms. The van der Waals surface area contributed by atoms with E-state index in [2.05, 4.69) is 67.8 Å². The second-order valence-electron chi connectivity index (χ2n) is 16.5. The molecule has 1 amide bonds. The SMILES string of the molecule is CCCCCCC/C=C\C/C=C\C/C=C\CCCCCCCCCCCCCCC(=O)NC(CO)C(O)/C=C/CC/C=C/CCCCCCCCCCCCC. The molecule has 2 unspecified atom stereocenters. The van der Waals surface area contributed by atoms with Gasteiger partial charge in [0.2, 0.25) is 5.91 Å². The predicted molar refractivity (Wildman–Crippen MR) is 248 cm³/mol. The van der Waals surface area contributed by atoms with Gasteiger partial charge in [-0.25, -0.2) is 0 Å². The van der Waals surface area contributed by atoms with Crippen molar-refractivity contribution in [1.82, 2.24) is 5.32 Å². The summed E-state index contributed by atoms with van der Waals surface area (Å²) < 4.78 is 0. The first-order chi connectivity index (χ1) is 27.7. The zero-order chi connectivity index (χ0) is 40.7. The van der Waals surface area contributed by atoms with Gasteiger partial charge >= 0.3 is 0 Å². The molecule has 0 aromatic heterocycles. The van der Waals surface area contributed by atoms with E-state index < -0.39 is 12.1 Å². The molecule has 0 aliphatic heterocycles. The minimum atomic E-state index is -0.864. The molecule has 3 N–H and O–H groups in total. The van der Waals surface area contributed by atoms with E-state index in [1.807, 2.05) is 6.08 Å². The van der Waals surface area contributed by atoms with Crippen LogP contribution in [0.2, 0.25) is 0 Å². The number of aliphatic hydroxyl groups is 2. The van der Waals surface area contributed by atoms with Gasteiger partial charge in [0, 0.05) is 6.42 Å². The molecule has 0 aliphatic carbocycles. The van der Waals surface area contributed by atoms with E-state index >= 15 is 0 Å². The van der Waals surface area contributed by atoms with Gasteiger partial charge in [0.25, 0.3) is 0 Å². The molecule has 0 aromatic carbocycles. The Bertz CT molecular complexity index is 934. The molecule has 2 atom stereocenters. The summed E-state index contributed by atoms with van der Waals surface area (Å²) in [5.41, 5.74) is 0. The molecule has 0 rings (SSSR count). The summed E-state index contributed by atoms with van der Waals surface area (Å²) in [6, 6.07) is -0.642. The molecule has 0 radical (unpaired) electrons. The third-order valence-electron chi connectivity index (χ3n) is 11.0. The van der Waals surface area contributed by atoms with Crippen LogP contribution in [0.15, 0.2) is 60.8 Å². The Morgan fingerprint density at radius 3 is 1.16 bits per heavy atom. The fraction of sp³-hybridized carbons (Fsp3) is 0.788. The van der Waals surface area contributed by atoms with Crippen molar-refractivity contribution in [2.24, 2.45) is 0 Å². The maximum atomic E-state index is 12.4. The molecule has 0 aromatic rings. The zero-order valence-electron chi connectivity index (χ0n) is 37.4. The van der Waals surface area contributed by atoms with Gasteiger partial charge in [0.05, 0.1) is 18.8 Å². The molecular formula is C52H95NO3. The lowest BCUT2D eigenvalue weighted by molar-refractivity contribution is -0.123. The van der Waals surface area contributed by atoms with Crippen LogP contribution in [0.3, 0.4) is 0 Å². The van der Waals surface area contributed by atoms with Gasteiger partial charge in [-0.2, -0.15) is 0 Å². The van der Waals surface area contributed by atoms with E-state index in [0.717, 1.165) is 44.9 Å². The molecule has 4 heteroatoms. The highest BCUT2D eigenvalue weighted by molar-refractivity contribution is 5.76. The van der Waals surface area contributed by atoms with Crippen LogP contribution >= 0.6 is 0 Å². The molecule has 0 fully saturated rings. The number of rotatable bonds is 44. The van der Waals surface area contributed by atoms with Crippen molar-refractivity contribution in [3.8, 4) is 0 Å². The van der Waals surface area contributed by atoms with Crippen molar-refractivity contribution in [2.45, 2.75) is 257 Å². The number of unbranched alkanes of at least 4 members (excludes halogenated alkanes) is 29. The first kappa shape index (κ1) is 54.1. The monoisotopic (exact) mass is 782 g/mol. The Morgan fingerprint density at radius 2 is 0.750 bits per heavy atom. The standard InChI is InChI=1S/C52H95NO3/c1-3-5-7-9-11-13-15-17-19-21-22-23-24-25-26-27-28-29-30-32-34-36-38-40-42-44-46-48-52(56)53-50(49-54)51(55)47-45-43-41-39-37-35-33-31-20-18-16-14-12-10-8-6-4-2/h15,17,21-22,24-25,37,39,45,47,50-51,54-55H,3-14,16,18-20,23,26-36,38,40-44,46,48-49H2,1-2H3,(H,53,56)/b17-15-,22-21-,25-24-,39-37+,47-45+. The van der Waals surface area contributed by atoms with Crippen LogP contribution in [0.25, 0.3) is 0 Å². The lowest BCUT2D eigenvalue weighted by Gasteiger charge is -2.19. The van der Waals surface area contributed by atoms with E-state index in [1.165, 1.54) is 180 Å². The fourth-order valence-corrected chi connectivity index (χ4v) is 7.20. The number of hydrogen-bond donors (Lipinski definition) is 3. The van der Waals surface area contributed by atoms with Gasteiger partial charge in [-0.15, -0.1) is 0 Å². The molecule has 326 valence electrons. The van der Waals surface area contributed by atoms with Gasteiger partial charge in [-0.3, -0.25) is 4.79 Å². The highest BCUT2D eigenvalue weighted by atomic mass is 16.3. The first-order valence-electron chi connectivity index (χ1n) is 24.5. The van der Waals surface area contributed by atoms with Crippen LogP contribution in [-0.2, 0) is 4.79 Å². The largest absolute Gasteiger partial charge is 0.394 e. The summed E-state index contributed by atoms with van der Waals surface area (Å²) >= 11 is 0. The maximum Gasteiger partial charge on any atom is 0.220 e. The van der Waals surface area contributed by atoms with Crippen LogP contribution in [0.5, 0.6) is 0 Å².